The summed E-state index contributed by atoms with van der Waals surface area (Å²) in [6, 6.07) is 0. The Morgan fingerprint density at radius 3 is 2.80 bits per heavy atom. The number of hydrogen-bond donors (Lipinski definition) is 5. The summed E-state index contributed by atoms with van der Waals surface area (Å²) in [6.45, 7) is 5.71. The van der Waals surface area contributed by atoms with Crippen molar-refractivity contribution in [3.8, 4) is 0 Å². The molecule has 1 aliphatic carbocycles. The minimum atomic E-state index is -2.56. The second-order valence-electron chi connectivity index (χ2n) is 10.5. The summed E-state index contributed by atoms with van der Waals surface area (Å²) in [6.07, 6.45) is 7.89. The van der Waals surface area contributed by atoms with Crippen molar-refractivity contribution in [2.45, 2.75) is 88.6 Å². The number of carbonyl (C=O) groups excluding carboxylic acids is 1. The molecule has 250 valence electrons. The number of allylic oxidation sites excluding steroid dienone is 2. The maximum atomic E-state index is 12.5. The van der Waals surface area contributed by atoms with E-state index in [1.54, 1.807) is 6.92 Å². The van der Waals surface area contributed by atoms with Crippen LogP contribution in [-0.4, -0.2) is 72.5 Å². The van der Waals surface area contributed by atoms with Crippen LogP contribution in [-0.2, 0) is 27.4 Å². The number of hydrogen-bond acceptors (Lipinski definition) is 14. The third-order valence-corrected chi connectivity index (χ3v) is 11.9. The second-order valence-corrected chi connectivity index (χ2v) is 16.2. The van der Waals surface area contributed by atoms with Gasteiger partial charge >= 0.3 is 29.0 Å². The van der Waals surface area contributed by atoms with E-state index in [9.17, 15) is 24.2 Å². The van der Waals surface area contributed by atoms with Crippen LogP contribution >= 0.6 is 47.8 Å². The standard InChI is InChI=1S/C24H40N3O12P3S2/c1-16-12-27(22(29)26-21(16)28)20-11-18(19(37-20)13-35-41(32)39-42(33)38-40-31)34-15-43-44-24(2,3)14-25-23(30)36-17-9-7-5-4-6-8-10-17/h4-5,12,17-20,31-33,40H,6-11,13-15H2,1-3H3,(H,25,30)(H,26,28,29)/b5-4+/t17?,18-,19?,20-,41?,42?/m1/s1. The monoisotopic (exact) mass is 719 g/mol. The van der Waals surface area contributed by atoms with Gasteiger partial charge in [0.2, 0.25) is 0 Å². The minimum absolute atomic E-state index is 0.0852. The van der Waals surface area contributed by atoms with Gasteiger partial charge in [-0.15, -0.1) is 0 Å². The molecule has 1 saturated heterocycles. The fourth-order valence-electron chi connectivity index (χ4n) is 4.32. The van der Waals surface area contributed by atoms with Crippen LogP contribution in [0.25, 0.3) is 0 Å². The van der Waals surface area contributed by atoms with Crippen molar-refractivity contribution in [2.24, 2.45) is 0 Å². The molecular formula is C24H40N3O12P3S2. The van der Waals surface area contributed by atoms with Crippen molar-refractivity contribution in [1.82, 2.24) is 14.9 Å². The lowest BCUT2D eigenvalue weighted by molar-refractivity contribution is -0.0519. The molecule has 0 aromatic carbocycles. The summed E-state index contributed by atoms with van der Waals surface area (Å²) in [5, 5.41) is 2.86. The highest BCUT2D eigenvalue weighted by Crippen LogP contribution is 2.52. The molecule has 3 rings (SSSR count). The van der Waals surface area contributed by atoms with Crippen molar-refractivity contribution in [3.05, 3.63) is 44.8 Å². The van der Waals surface area contributed by atoms with Crippen LogP contribution in [0.1, 0.15) is 64.2 Å². The molecule has 0 spiro atoms. The Bertz CT molecular complexity index is 1190. The lowest BCUT2D eigenvalue weighted by atomic mass is 10.0. The molecule has 2 aliphatic rings. The average Bonchev–Trinajstić information content (AvgIpc) is 3.35. The number of nitrogens with one attached hydrogen (secondary N) is 2. The third-order valence-electron chi connectivity index (χ3n) is 6.51. The van der Waals surface area contributed by atoms with Gasteiger partial charge in [-0.1, -0.05) is 33.7 Å². The largest absolute Gasteiger partial charge is 0.446 e. The van der Waals surface area contributed by atoms with Crippen LogP contribution in [0.5, 0.6) is 0 Å². The topological polar surface area (TPSA) is 200 Å². The van der Waals surface area contributed by atoms with Crippen molar-refractivity contribution in [3.63, 3.8) is 0 Å². The summed E-state index contributed by atoms with van der Waals surface area (Å²) < 4.78 is 33.2. The Morgan fingerprint density at radius 1 is 1.25 bits per heavy atom. The smallest absolute Gasteiger partial charge is 0.407 e. The van der Waals surface area contributed by atoms with Crippen molar-refractivity contribution < 1.29 is 46.8 Å². The van der Waals surface area contributed by atoms with Crippen LogP contribution < -0.4 is 16.6 Å². The van der Waals surface area contributed by atoms with Gasteiger partial charge in [0.1, 0.15) is 24.4 Å². The summed E-state index contributed by atoms with van der Waals surface area (Å²) in [5.41, 5.74) is -0.815. The summed E-state index contributed by atoms with van der Waals surface area (Å²) >= 11 is 0. The lowest BCUT2D eigenvalue weighted by Crippen LogP contribution is -2.38. The summed E-state index contributed by atoms with van der Waals surface area (Å²) in [5.74, 6) is 0.225. The van der Waals surface area contributed by atoms with Crippen molar-refractivity contribution >= 4 is 53.9 Å². The van der Waals surface area contributed by atoms with Crippen LogP contribution in [0.2, 0.25) is 0 Å². The number of nitrogens with zero attached hydrogens (tertiary/aromatic N) is 1. The molecule has 20 heteroatoms. The highest BCUT2D eigenvalue weighted by molar-refractivity contribution is 8.77. The number of H-pyrrole nitrogens is 1. The SMILES string of the molecule is Cc1cn([C@H]2C[C@@H](OCSSC(C)(C)CNC(=O)OC3CC/C=C/CCC3)C(COP(O)OP(O)OPO)O2)c(=O)[nH]c1=O. The molecular weight excluding hydrogens is 679 g/mol. The minimum Gasteiger partial charge on any atom is -0.446 e. The highest BCUT2D eigenvalue weighted by Gasteiger charge is 2.39. The van der Waals surface area contributed by atoms with Gasteiger partial charge in [-0.3, -0.25) is 18.7 Å². The fraction of sp³-hybridized carbons (Fsp3) is 0.708. The first kappa shape index (κ1) is 37.8. The first-order valence-electron chi connectivity index (χ1n) is 13.8. The zero-order valence-corrected chi connectivity index (χ0v) is 29.0. The quantitative estimate of drug-likeness (QED) is 0.0534. The number of alkyl carbamates (subject to hydrolysis) is 1. The van der Waals surface area contributed by atoms with Gasteiger partial charge in [0.25, 0.3) is 5.56 Å². The van der Waals surface area contributed by atoms with E-state index in [-0.39, 0.29) is 29.8 Å². The van der Waals surface area contributed by atoms with E-state index >= 15 is 0 Å². The number of amides is 1. The van der Waals surface area contributed by atoms with Crippen molar-refractivity contribution in [2.75, 3.05) is 19.1 Å². The van der Waals surface area contributed by atoms with E-state index in [2.05, 4.69) is 26.8 Å². The number of carbonyl (C=O) groups is 1. The van der Waals surface area contributed by atoms with E-state index in [1.165, 1.54) is 32.4 Å². The molecule has 44 heavy (non-hydrogen) atoms. The predicted octanol–water partition coefficient (Wildman–Crippen LogP) is 4.24. The van der Waals surface area contributed by atoms with Gasteiger partial charge in [0, 0.05) is 29.5 Å². The van der Waals surface area contributed by atoms with Crippen LogP contribution in [0.4, 0.5) is 4.79 Å². The third kappa shape index (κ3) is 13.2. The Balaban J connectivity index is 1.50. The van der Waals surface area contributed by atoms with E-state index in [4.69, 9.17) is 27.9 Å². The van der Waals surface area contributed by atoms with E-state index in [1.807, 2.05) is 13.8 Å². The van der Waals surface area contributed by atoms with Gasteiger partial charge < -0.3 is 38.7 Å². The fourth-order valence-corrected chi connectivity index (χ4v) is 8.15. The summed E-state index contributed by atoms with van der Waals surface area (Å²) in [7, 11) is -3.17. The van der Waals surface area contributed by atoms with Gasteiger partial charge in [-0.25, -0.2) is 13.9 Å². The van der Waals surface area contributed by atoms with Gasteiger partial charge in [0.05, 0.1) is 12.7 Å². The van der Waals surface area contributed by atoms with Gasteiger partial charge in [-0.05, 0) is 52.9 Å². The molecule has 7 atom stereocenters. The number of aromatic amines is 1. The van der Waals surface area contributed by atoms with Crippen molar-refractivity contribution in [1.29, 1.82) is 0 Å². The average molecular weight is 720 g/mol. The van der Waals surface area contributed by atoms with Gasteiger partial charge in [0.15, 0.2) is 9.03 Å². The molecule has 0 saturated carbocycles. The first-order chi connectivity index (χ1) is 21.0. The molecule has 5 N–H and O–H groups in total. The van der Waals surface area contributed by atoms with E-state index in [0.717, 1.165) is 32.1 Å². The van der Waals surface area contributed by atoms with Crippen LogP contribution in [0, 0.1) is 6.92 Å². The number of rotatable bonds is 16. The van der Waals surface area contributed by atoms with Crippen LogP contribution in [0.3, 0.4) is 0 Å². The van der Waals surface area contributed by atoms with Gasteiger partial charge in [-0.2, -0.15) is 0 Å². The molecule has 0 radical (unpaired) electrons. The number of aryl methyl sites for hydroxylation is 1. The number of ether oxygens (including phenoxy) is 3. The lowest BCUT2D eigenvalue weighted by Gasteiger charge is -2.25. The molecule has 15 nitrogen and oxygen atoms in total. The molecule has 5 unspecified atom stereocenters. The summed E-state index contributed by atoms with van der Waals surface area (Å²) in [4.78, 5) is 67.1. The maximum absolute atomic E-state index is 12.5. The Labute approximate surface area is 267 Å². The Morgan fingerprint density at radius 2 is 2.02 bits per heavy atom. The predicted molar refractivity (Wildman–Crippen MR) is 171 cm³/mol. The Hall–Kier alpha value is -0.640. The highest BCUT2D eigenvalue weighted by atomic mass is 33.1. The number of aromatic nitrogens is 2. The molecule has 1 aromatic rings. The molecule has 1 aromatic heterocycles. The molecule has 0 bridgehead atoms. The zero-order valence-electron chi connectivity index (χ0n) is 24.6. The molecule has 1 amide bonds. The maximum Gasteiger partial charge on any atom is 0.407 e. The van der Waals surface area contributed by atoms with E-state index in [0.29, 0.717) is 12.1 Å². The molecule has 1 fully saturated rings. The Kier molecular flexibility index (Phi) is 16.5. The second kappa shape index (κ2) is 19.2. The molecule has 2 heterocycles. The van der Waals surface area contributed by atoms with Crippen LogP contribution in [0.15, 0.2) is 27.9 Å². The molecule has 1 aliphatic heterocycles. The first-order valence-corrected chi connectivity index (χ1v) is 19.2. The normalized spacial score (nSPS) is 25.0. The zero-order chi connectivity index (χ0) is 32.1. The van der Waals surface area contributed by atoms with E-state index < -0.39 is 62.0 Å².